The van der Waals surface area contributed by atoms with Crippen molar-refractivity contribution in [1.82, 2.24) is 10.5 Å². The Morgan fingerprint density at radius 1 is 1.32 bits per heavy atom. The number of aromatic nitrogens is 1. The first-order valence-electron chi connectivity index (χ1n) is 6.15. The molecule has 3 N–H and O–H groups in total. The van der Waals surface area contributed by atoms with E-state index in [1.807, 2.05) is 0 Å². The number of halogens is 3. The van der Waals surface area contributed by atoms with Crippen LogP contribution in [-0.2, 0) is 11.0 Å². The number of carbonyl (C=O) groups is 1. The maximum atomic E-state index is 12.4. The second-order valence-electron chi connectivity index (χ2n) is 4.48. The smallest absolute Gasteiger partial charge is 0.332 e. The number of thiazole rings is 1. The third kappa shape index (κ3) is 3.74. The standard InChI is InChI=1S/C13H12F3N3O2S/c1-7(11(20)19-21)8-2-4-9(5-3-8)17-12-18-10(6-22-12)13(14,15)16/h2-7,21H,1H3,(H,17,18)(H,19,20)/t7-/m0/s1. The average molecular weight is 331 g/mol. The van der Waals surface area contributed by atoms with E-state index in [4.69, 9.17) is 5.21 Å². The molecule has 2 aromatic rings. The van der Waals surface area contributed by atoms with Crippen LogP contribution in [0.3, 0.4) is 0 Å². The first-order chi connectivity index (χ1) is 10.3. The van der Waals surface area contributed by atoms with Crippen LogP contribution in [0.5, 0.6) is 0 Å². The second kappa shape index (κ2) is 6.32. The van der Waals surface area contributed by atoms with Gasteiger partial charge in [0.25, 0.3) is 5.91 Å². The molecule has 0 radical (unpaired) electrons. The van der Waals surface area contributed by atoms with Gasteiger partial charge in [0.2, 0.25) is 0 Å². The van der Waals surface area contributed by atoms with E-state index in [9.17, 15) is 18.0 Å². The lowest BCUT2D eigenvalue weighted by Gasteiger charge is -2.10. The molecule has 0 aliphatic heterocycles. The molecule has 0 bridgehead atoms. The van der Waals surface area contributed by atoms with Gasteiger partial charge in [-0.1, -0.05) is 12.1 Å². The Morgan fingerprint density at radius 3 is 2.45 bits per heavy atom. The number of carbonyl (C=O) groups excluding carboxylic acids is 1. The maximum Gasteiger partial charge on any atom is 0.434 e. The fraction of sp³-hybridized carbons (Fsp3) is 0.231. The van der Waals surface area contributed by atoms with Gasteiger partial charge in [-0.15, -0.1) is 11.3 Å². The van der Waals surface area contributed by atoms with Gasteiger partial charge in [0, 0.05) is 11.1 Å². The lowest BCUT2D eigenvalue weighted by molar-refractivity contribution is -0.140. The molecule has 1 aromatic heterocycles. The number of hydrogen-bond acceptors (Lipinski definition) is 5. The van der Waals surface area contributed by atoms with Crippen LogP contribution >= 0.6 is 11.3 Å². The molecule has 0 aliphatic carbocycles. The molecule has 5 nitrogen and oxygen atoms in total. The molecule has 9 heteroatoms. The molecule has 22 heavy (non-hydrogen) atoms. The monoisotopic (exact) mass is 331 g/mol. The van der Waals surface area contributed by atoms with Crippen molar-refractivity contribution in [1.29, 1.82) is 0 Å². The number of rotatable bonds is 4. The zero-order valence-corrected chi connectivity index (χ0v) is 12.1. The molecule has 0 saturated carbocycles. The van der Waals surface area contributed by atoms with Crippen molar-refractivity contribution in [3.05, 3.63) is 40.9 Å². The van der Waals surface area contributed by atoms with Crippen LogP contribution in [0.25, 0.3) is 0 Å². The van der Waals surface area contributed by atoms with Gasteiger partial charge in [-0.25, -0.2) is 10.5 Å². The van der Waals surface area contributed by atoms with Gasteiger partial charge in [0.15, 0.2) is 10.8 Å². The molecule has 2 rings (SSSR count). The van der Waals surface area contributed by atoms with Crippen LogP contribution in [-0.4, -0.2) is 16.1 Å². The highest BCUT2D eigenvalue weighted by atomic mass is 32.1. The molecule has 0 saturated heterocycles. The van der Waals surface area contributed by atoms with E-state index < -0.39 is 23.7 Å². The Hall–Kier alpha value is -2.13. The highest BCUT2D eigenvalue weighted by molar-refractivity contribution is 7.13. The summed E-state index contributed by atoms with van der Waals surface area (Å²) >= 11 is 0.851. The summed E-state index contributed by atoms with van der Waals surface area (Å²) in [5.74, 6) is -1.09. The molecule has 118 valence electrons. The van der Waals surface area contributed by atoms with Crippen molar-refractivity contribution in [3.8, 4) is 0 Å². The quantitative estimate of drug-likeness (QED) is 0.592. The first-order valence-corrected chi connectivity index (χ1v) is 7.03. The van der Waals surface area contributed by atoms with E-state index in [2.05, 4.69) is 10.3 Å². The zero-order chi connectivity index (χ0) is 16.3. The lowest BCUT2D eigenvalue weighted by atomic mass is 10.0. The molecular formula is C13H12F3N3O2S. The van der Waals surface area contributed by atoms with Crippen molar-refractivity contribution in [2.75, 3.05) is 5.32 Å². The summed E-state index contributed by atoms with van der Waals surface area (Å²) in [6.45, 7) is 1.62. The van der Waals surface area contributed by atoms with Gasteiger partial charge in [0.05, 0.1) is 5.92 Å². The van der Waals surface area contributed by atoms with E-state index >= 15 is 0 Å². The van der Waals surface area contributed by atoms with Crippen LogP contribution in [0, 0.1) is 0 Å². The Bertz CT molecular complexity index is 655. The van der Waals surface area contributed by atoms with E-state index in [1.54, 1.807) is 36.7 Å². The molecule has 1 amide bonds. The van der Waals surface area contributed by atoms with Crippen LogP contribution in [0.15, 0.2) is 29.6 Å². The minimum atomic E-state index is -4.46. The molecule has 0 unspecified atom stereocenters. The molecular weight excluding hydrogens is 319 g/mol. The number of alkyl halides is 3. The lowest BCUT2D eigenvalue weighted by Crippen LogP contribution is -2.24. The minimum Gasteiger partial charge on any atom is -0.332 e. The predicted octanol–water partition coefficient (Wildman–Crippen LogP) is 3.51. The van der Waals surface area contributed by atoms with Gasteiger partial charge >= 0.3 is 6.18 Å². The number of benzene rings is 1. The van der Waals surface area contributed by atoms with Crippen LogP contribution in [0.4, 0.5) is 24.0 Å². The maximum absolute atomic E-state index is 12.4. The summed E-state index contributed by atoms with van der Waals surface area (Å²) < 4.78 is 37.3. The van der Waals surface area contributed by atoms with E-state index in [-0.39, 0.29) is 5.13 Å². The largest absolute Gasteiger partial charge is 0.434 e. The fourth-order valence-corrected chi connectivity index (χ4v) is 2.43. The average Bonchev–Trinajstić information content (AvgIpc) is 2.95. The Kier molecular flexibility index (Phi) is 4.67. The Balaban J connectivity index is 2.08. The van der Waals surface area contributed by atoms with Crippen LogP contribution in [0.1, 0.15) is 24.1 Å². The van der Waals surface area contributed by atoms with Crippen molar-refractivity contribution in [2.24, 2.45) is 0 Å². The number of nitrogens with one attached hydrogen (secondary N) is 2. The number of hydroxylamine groups is 1. The van der Waals surface area contributed by atoms with Gasteiger partial charge in [-0.2, -0.15) is 13.2 Å². The SMILES string of the molecule is C[C@H](C(=O)NO)c1ccc(Nc2nc(C(F)(F)F)cs2)cc1. The molecule has 1 heterocycles. The van der Waals surface area contributed by atoms with Gasteiger partial charge in [-0.3, -0.25) is 10.0 Å². The van der Waals surface area contributed by atoms with Crippen molar-refractivity contribution in [2.45, 2.75) is 19.0 Å². The fourth-order valence-electron chi connectivity index (χ4n) is 1.69. The molecule has 1 atom stereocenters. The highest BCUT2D eigenvalue weighted by Crippen LogP contribution is 2.32. The number of amides is 1. The topological polar surface area (TPSA) is 74.2 Å². The van der Waals surface area contributed by atoms with Crippen molar-refractivity contribution >= 4 is 28.1 Å². The number of nitrogens with zero attached hydrogens (tertiary/aromatic N) is 1. The zero-order valence-electron chi connectivity index (χ0n) is 11.3. The third-order valence-electron chi connectivity index (χ3n) is 2.96. The summed E-state index contributed by atoms with van der Waals surface area (Å²) in [6.07, 6.45) is -4.46. The van der Waals surface area contributed by atoms with Gasteiger partial charge < -0.3 is 5.32 Å². The summed E-state index contributed by atoms with van der Waals surface area (Å²) in [6, 6.07) is 6.51. The van der Waals surface area contributed by atoms with Gasteiger partial charge in [0.1, 0.15) is 0 Å². The van der Waals surface area contributed by atoms with Gasteiger partial charge in [-0.05, 0) is 24.6 Å². The molecule has 0 spiro atoms. The molecule has 0 fully saturated rings. The summed E-state index contributed by atoms with van der Waals surface area (Å²) in [7, 11) is 0. The van der Waals surface area contributed by atoms with Crippen LogP contribution in [0.2, 0.25) is 0 Å². The molecule has 0 aliphatic rings. The van der Waals surface area contributed by atoms with Crippen LogP contribution < -0.4 is 10.8 Å². The van der Waals surface area contributed by atoms with E-state index in [0.717, 1.165) is 16.7 Å². The minimum absolute atomic E-state index is 0.126. The van der Waals surface area contributed by atoms with E-state index in [1.165, 1.54) is 0 Å². The summed E-state index contributed by atoms with van der Waals surface area (Å²) in [5.41, 5.74) is 1.83. The highest BCUT2D eigenvalue weighted by Gasteiger charge is 2.33. The Morgan fingerprint density at radius 2 is 1.95 bits per heavy atom. The van der Waals surface area contributed by atoms with Crippen molar-refractivity contribution in [3.63, 3.8) is 0 Å². The van der Waals surface area contributed by atoms with Crippen molar-refractivity contribution < 1.29 is 23.2 Å². The normalized spacial score (nSPS) is 12.8. The second-order valence-corrected chi connectivity index (χ2v) is 5.34. The van der Waals surface area contributed by atoms with E-state index in [0.29, 0.717) is 11.3 Å². The third-order valence-corrected chi connectivity index (χ3v) is 3.72. The number of anilines is 2. The predicted molar refractivity (Wildman–Crippen MR) is 75.2 cm³/mol. The first kappa shape index (κ1) is 16.2. The Labute approximate surface area is 127 Å². The summed E-state index contributed by atoms with van der Waals surface area (Å²) in [5, 5.41) is 12.4. The number of hydrogen-bond donors (Lipinski definition) is 3. The molecule has 1 aromatic carbocycles. The summed E-state index contributed by atoms with van der Waals surface area (Å²) in [4.78, 5) is 14.8.